The van der Waals surface area contributed by atoms with Crippen molar-refractivity contribution in [2.45, 2.75) is 40.5 Å². The topological polar surface area (TPSA) is 46.2 Å². The van der Waals surface area contributed by atoms with Gasteiger partial charge in [-0.2, -0.15) is 0 Å². The zero-order valence-corrected chi connectivity index (χ0v) is 13.9. The molecule has 0 aromatic heterocycles. The van der Waals surface area contributed by atoms with Crippen LogP contribution >= 0.6 is 0 Å². The van der Waals surface area contributed by atoms with Crippen molar-refractivity contribution < 1.29 is 20.5 Å². The highest BCUT2D eigenvalue weighted by Crippen LogP contribution is 2.11. The van der Waals surface area contributed by atoms with Crippen LogP contribution < -0.4 is 0 Å². The van der Waals surface area contributed by atoms with Gasteiger partial charge in [0.1, 0.15) is 0 Å². The maximum atomic E-state index is 5.69. The van der Waals surface area contributed by atoms with Gasteiger partial charge in [0.2, 0.25) is 0 Å². The molecule has 0 N–H and O–H groups in total. The summed E-state index contributed by atoms with van der Waals surface area (Å²) < 4.78 is 27.8. The number of unbranched alkanes of at least 4 members (excludes halogenated alkanes) is 1. The summed E-state index contributed by atoms with van der Waals surface area (Å²) in [7, 11) is -2.92. The third-order valence-corrected chi connectivity index (χ3v) is 6.19. The van der Waals surface area contributed by atoms with Crippen molar-refractivity contribution >= 4 is 24.9 Å². The van der Waals surface area contributed by atoms with Gasteiger partial charge in [-0.1, -0.05) is 13.3 Å². The van der Waals surface area contributed by atoms with Crippen LogP contribution in [0, 0.1) is 0 Å². The van der Waals surface area contributed by atoms with Crippen molar-refractivity contribution in [3.05, 3.63) is 0 Å². The van der Waals surface area contributed by atoms with Crippen LogP contribution in [0.5, 0.6) is 0 Å². The largest absolute Gasteiger partial charge is 0.651 e. The fraction of sp³-hybridized carbons (Fsp3) is 1.00. The van der Waals surface area contributed by atoms with E-state index in [1.54, 1.807) is 0 Å². The highest BCUT2D eigenvalue weighted by Gasteiger charge is 2.44. The summed E-state index contributed by atoms with van der Waals surface area (Å²) in [6.45, 7) is 10.2. The van der Waals surface area contributed by atoms with E-state index in [1.807, 2.05) is 20.8 Å². The molecule has 0 aromatic carbocycles. The molecule has 0 aliphatic heterocycles. The predicted octanol–water partition coefficient (Wildman–Crippen LogP) is 1.63. The molecule has 0 aromatic rings. The lowest BCUT2D eigenvalue weighted by Crippen LogP contribution is -2.50. The quantitative estimate of drug-likeness (QED) is 0.402. The normalized spacial score (nSPS) is 11.8. The van der Waals surface area contributed by atoms with Crippen LogP contribution in [0.15, 0.2) is 0 Å². The van der Waals surface area contributed by atoms with Crippen molar-refractivity contribution in [1.29, 1.82) is 0 Å². The standard InChI is InChI=1S/C6H15O4Si.C4H9O.Al.H/c1-4-8-11(7,9-5-2)10-6-3;1-2-3-4-5;;/h4-6H2,1-3H3;2-4H2,1H3;;/q2*-1;+2;. The summed E-state index contributed by atoms with van der Waals surface area (Å²) in [6, 6.07) is 0. The molecule has 0 rings (SSSR count). The van der Waals surface area contributed by atoms with Crippen molar-refractivity contribution in [1.82, 2.24) is 0 Å². The highest BCUT2D eigenvalue weighted by atomic mass is 28.4. The number of hydrogen-bond donors (Lipinski definition) is 0. The monoisotopic (exact) mass is 280 g/mol. The Morgan fingerprint density at radius 3 is 1.82 bits per heavy atom. The first-order valence-electron chi connectivity index (χ1n) is 6.38. The zero-order valence-electron chi connectivity index (χ0n) is 11.5. The lowest BCUT2D eigenvalue weighted by Gasteiger charge is -2.27. The van der Waals surface area contributed by atoms with Gasteiger partial charge in [0.15, 0.2) is 0 Å². The molecular weight excluding hydrogens is 255 g/mol. The predicted molar refractivity (Wildman–Crippen MR) is 69.7 cm³/mol. The molecule has 0 amide bonds. The van der Waals surface area contributed by atoms with Crippen LogP contribution in [0.1, 0.15) is 40.5 Å². The lowest BCUT2D eigenvalue weighted by atomic mass is 10.4. The Bertz CT molecular complexity index is 156. The van der Waals surface area contributed by atoms with Gasteiger partial charge in [-0.3, -0.25) is 0 Å². The van der Waals surface area contributed by atoms with E-state index in [2.05, 4.69) is 6.92 Å². The molecule has 0 aliphatic carbocycles. The van der Waals surface area contributed by atoms with E-state index in [1.165, 1.54) is 0 Å². The van der Waals surface area contributed by atoms with E-state index in [0.717, 1.165) is 19.4 Å². The lowest BCUT2D eigenvalue weighted by molar-refractivity contribution is 0.00448. The second kappa shape index (κ2) is 11.6. The molecule has 0 saturated carbocycles. The fourth-order valence-electron chi connectivity index (χ4n) is 1.20. The molecule has 0 radical (unpaired) electrons. The molecule has 0 aliphatic rings. The van der Waals surface area contributed by atoms with Gasteiger partial charge in [-0.15, -0.1) is 0 Å². The highest BCUT2D eigenvalue weighted by molar-refractivity contribution is 6.59. The van der Waals surface area contributed by atoms with E-state index < -0.39 is 24.9 Å². The zero-order chi connectivity index (χ0) is 13.0. The van der Waals surface area contributed by atoms with Gasteiger partial charge in [-0.25, -0.2) is 0 Å². The average Bonchev–Trinajstić information content (AvgIpc) is 2.30. The van der Waals surface area contributed by atoms with Gasteiger partial charge in [-0.05, 0) is 27.2 Å². The van der Waals surface area contributed by atoms with Crippen LogP contribution in [0.4, 0.5) is 0 Å². The van der Waals surface area contributed by atoms with E-state index in [0.29, 0.717) is 19.8 Å². The second-order valence-electron chi connectivity index (χ2n) is 3.32. The van der Waals surface area contributed by atoms with Crippen molar-refractivity contribution in [3.8, 4) is 0 Å². The van der Waals surface area contributed by atoms with E-state index >= 15 is 0 Å². The Hall–Kier alpha value is 0.549. The van der Waals surface area contributed by atoms with Crippen LogP contribution in [0.3, 0.4) is 0 Å². The molecule has 0 atom stereocenters. The van der Waals surface area contributed by atoms with Gasteiger partial charge in [0.05, 0.1) is 0 Å². The van der Waals surface area contributed by atoms with Gasteiger partial charge >= 0.3 is 24.9 Å². The van der Waals surface area contributed by atoms with Crippen molar-refractivity contribution in [2.24, 2.45) is 0 Å². The molecule has 17 heavy (non-hydrogen) atoms. The average molecular weight is 280 g/mol. The molecule has 0 bridgehead atoms. The number of hydrogen-bond acceptors (Lipinski definition) is 5. The van der Waals surface area contributed by atoms with Crippen LogP contribution in [0.2, 0.25) is 0 Å². The van der Waals surface area contributed by atoms with Gasteiger partial charge < -0.3 is 20.5 Å². The summed E-state index contributed by atoms with van der Waals surface area (Å²) in [6.07, 6.45) is 2.18. The number of rotatable bonds is 12. The molecule has 0 unspecified atom stereocenters. The molecule has 0 saturated heterocycles. The molecule has 0 spiro atoms. The molecular formula is C10H25AlO5Si. The Kier molecular flexibility index (Phi) is 12.0. The Balaban J connectivity index is 4.05. The maximum Gasteiger partial charge on any atom is 0.651 e. The first-order valence-corrected chi connectivity index (χ1v) is 9.16. The smallest absolute Gasteiger partial charge is 0.481 e. The summed E-state index contributed by atoms with van der Waals surface area (Å²) >= 11 is -1.09. The molecule has 7 heteroatoms. The Labute approximate surface area is 113 Å². The first kappa shape index (κ1) is 17.5. The fourth-order valence-corrected chi connectivity index (χ4v) is 4.74. The minimum atomic E-state index is -2.92. The van der Waals surface area contributed by atoms with E-state index in [4.69, 9.17) is 20.5 Å². The maximum absolute atomic E-state index is 5.69. The molecule has 0 fully saturated rings. The van der Waals surface area contributed by atoms with Crippen LogP contribution in [-0.4, -0.2) is 51.4 Å². The minimum absolute atomic E-state index is 0.523. The van der Waals surface area contributed by atoms with Gasteiger partial charge in [0.25, 0.3) is 0 Å². The van der Waals surface area contributed by atoms with Crippen molar-refractivity contribution in [3.63, 3.8) is 0 Å². The minimum Gasteiger partial charge on any atom is -0.481 e. The Morgan fingerprint density at radius 2 is 1.41 bits per heavy atom. The molecule has 0 heterocycles. The van der Waals surface area contributed by atoms with Crippen LogP contribution in [-0.2, 0) is 20.5 Å². The third-order valence-electron chi connectivity index (χ3n) is 1.92. The third kappa shape index (κ3) is 8.30. The SMILES string of the molecule is CCCC[O][AlH][O][Si](OCC)(OCC)OCC. The van der Waals surface area contributed by atoms with Crippen LogP contribution in [0.25, 0.3) is 0 Å². The second-order valence-corrected chi connectivity index (χ2v) is 6.99. The molecule has 102 valence electrons. The first-order chi connectivity index (χ1) is 8.24. The Morgan fingerprint density at radius 1 is 0.882 bits per heavy atom. The summed E-state index contributed by atoms with van der Waals surface area (Å²) in [5.74, 6) is 0. The molecule has 5 nitrogen and oxygen atoms in total. The summed E-state index contributed by atoms with van der Waals surface area (Å²) in [4.78, 5) is 0. The van der Waals surface area contributed by atoms with Crippen molar-refractivity contribution in [2.75, 3.05) is 26.4 Å². The van der Waals surface area contributed by atoms with E-state index in [9.17, 15) is 0 Å². The van der Waals surface area contributed by atoms with Gasteiger partial charge in [0, 0.05) is 26.4 Å². The summed E-state index contributed by atoms with van der Waals surface area (Å²) in [5.41, 5.74) is 0. The van der Waals surface area contributed by atoms with E-state index in [-0.39, 0.29) is 0 Å². The summed E-state index contributed by atoms with van der Waals surface area (Å²) in [5, 5.41) is 0.